The van der Waals surface area contributed by atoms with Crippen LogP contribution in [0.3, 0.4) is 0 Å². The van der Waals surface area contributed by atoms with Crippen LogP contribution >= 0.6 is 0 Å². The molecule has 0 spiro atoms. The molecule has 246 valence electrons. The Morgan fingerprint density at radius 3 is 1.86 bits per heavy atom. The molecule has 16 nitrogen and oxygen atoms in total. The van der Waals surface area contributed by atoms with E-state index in [4.69, 9.17) is 16.6 Å². The lowest BCUT2D eigenvalue weighted by Gasteiger charge is -2.27. The molecule has 1 rings (SSSR count). The number of hydrogen-bond donors (Lipinski definition) is 10. The van der Waals surface area contributed by atoms with E-state index in [1.807, 2.05) is 0 Å². The number of aliphatic hydroxyl groups is 1. The van der Waals surface area contributed by atoms with E-state index in [0.717, 1.165) is 0 Å². The molecule has 4 amide bonds. The SMILES string of the molecule is CC(C)[C@H](NC(=O)[C@H](CCCCN)NC(=O)[C@H](CO)NC(=O)[C@@H](N)CCC(=O)O)C(=O)N[C@@H](Cc1ccc(O)cc1)C(=O)O. The Kier molecular flexibility index (Phi) is 16.4. The Morgan fingerprint density at radius 2 is 1.34 bits per heavy atom. The van der Waals surface area contributed by atoms with Crippen LogP contribution in [-0.2, 0) is 35.2 Å². The molecule has 0 saturated carbocycles. The van der Waals surface area contributed by atoms with Crippen LogP contribution in [0.15, 0.2) is 24.3 Å². The van der Waals surface area contributed by atoms with Crippen LogP contribution in [0.2, 0.25) is 0 Å². The fourth-order valence-corrected chi connectivity index (χ4v) is 4.03. The molecule has 0 aliphatic heterocycles. The fourth-order valence-electron chi connectivity index (χ4n) is 4.03. The molecule has 0 unspecified atom stereocenters. The van der Waals surface area contributed by atoms with Crippen molar-refractivity contribution in [3.05, 3.63) is 29.8 Å². The third kappa shape index (κ3) is 13.4. The van der Waals surface area contributed by atoms with Gasteiger partial charge in [0.15, 0.2) is 0 Å². The van der Waals surface area contributed by atoms with Crippen molar-refractivity contribution in [2.45, 2.75) is 82.6 Å². The number of aliphatic hydroxyl groups excluding tert-OH is 1. The van der Waals surface area contributed by atoms with Crippen LogP contribution in [0.5, 0.6) is 5.75 Å². The summed E-state index contributed by atoms with van der Waals surface area (Å²) in [6.07, 6.45) is 0.307. The van der Waals surface area contributed by atoms with Crippen LogP contribution in [0, 0.1) is 5.92 Å². The van der Waals surface area contributed by atoms with Gasteiger partial charge in [0.1, 0.15) is 29.9 Å². The molecule has 5 atom stereocenters. The molecule has 44 heavy (non-hydrogen) atoms. The van der Waals surface area contributed by atoms with Gasteiger partial charge in [0, 0.05) is 12.8 Å². The Hall–Kier alpha value is -4.28. The standard InChI is InChI=1S/C28H44N6O10/c1-15(2)23(27(42)32-20(28(43)44)13-16-6-8-17(36)9-7-16)34-25(40)19(5-3-4-12-29)31-26(41)21(14-35)33-24(39)18(30)10-11-22(37)38/h6-9,15,18-21,23,35-36H,3-5,10-14,29-30H2,1-2H3,(H,31,41)(H,32,42)(H,33,39)(H,34,40)(H,37,38)(H,43,44)/t18-,19-,20-,21-,23-/m0/s1. The van der Waals surface area contributed by atoms with Gasteiger partial charge in [0.05, 0.1) is 12.6 Å². The lowest BCUT2D eigenvalue weighted by Crippen LogP contribution is -2.60. The summed E-state index contributed by atoms with van der Waals surface area (Å²) in [4.78, 5) is 74.3. The van der Waals surface area contributed by atoms with E-state index in [2.05, 4.69) is 21.3 Å². The number of nitrogens with one attached hydrogen (secondary N) is 4. The Labute approximate surface area is 254 Å². The second-order valence-corrected chi connectivity index (χ2v) is 10.6. The van der Waals surface area contributed by atoms with Gasteiger partial charge >= 0.3 is 11.9 Å². The van der Waals surface area contributed by atoms with Gasteiger partial charge in [-0.2, -0.15) is 0 Å². The number of benzene rings is 1. The second-order valence-electron chi connectivity index (χ2n) is 10.6. The highest BCUT2D eigenvalue weighted by Gasteiger charge is 2.33. The molecule has 0 aliphatic carbocycles. The lowest BCUT2D eigenvalue weighted by molar-refractivity contribution is -0.142. The topological polar surface area (TPSA) is 284 Å². The zero-order valence-electron chi connectivity index (χ0n) is 24.8. The highest BCUT2D eigenvalue weighted by Crippen LogP contribution is 2.12. The van der Waals surface area contributed by atoms with E-state index >= 15 is 0 Å². The Morgan fingerprint density at radius 1 is 0.773 bits per heavy atom. The van der Waals surface area contributed by atoms with E-state index in [0.29, 0.717) is 24.9 Å². The summed E-state index contributed by atoms with van der Waals surface area (Å²) in [7, 11) is 0. The third-order valence-electron chi connectivity index (χ3n) is 6.64. The number of hydrogen-bond acceptors (Lipinski definition) is 10. The van der Waals surface area contributed by atoms with Crippen molar-refractivity contribution >= 4 is 35.6 Å². The largest absolute Gasteiger partial charge is 0.508 e. The Bertz CT molecular complexity index is 1130. The molecule has 0 aliphatic rings. The molecule has 0 bridgehead atoms. The number of phenolic OH excluding ortho intramolecular Hbond substituents is 1. The summed E-state index contributed by atoms with van der Waals surface area (Å²) in [5.74, 6) is -6.33. The molecule has 16 heteroatoms. The van der Waals surface area contributed by atoms with Gasteiger partial charge in [-0.05, 0) is 55.8 Å². The van der Waals surface area contributed by atoms with Crippen molar-refractivity contribution < 1.29 is 49.2 Å². The number of carboxylic acids is 2. The molecule has 0 saturated heterocycles. The van der Waals surface area contributed by atoms with Gasteiger partial charge in [-0.1, -0.05) is 26.0 Å². The summed E-state index contributed by atoms with van der Waals surface area (Å²) in [5, 5.41) is 47.3. The Balaban J connectivity index is 3.01. The van der Waals surface area contributed by atoms with Gasteiger partial charge in [0.25, 0.3) is 0 Å². The van der Waals surface area contributed by atoms with Crippen molar-refractivity contribution in [1.82, 2.24) is 21.3 Å². The molecule has 12 N–H and O–H groups in total. The maximum Gasteiger partial charge on any atom is 0.326 e. The first-order valence-electron chi connectivity index (χ1n) is 14.2. The lowest BCUT2D eigenvalue weighted by atomic mass is 10.00. The van der Waals surface area contributed by atoms with Gasteiger partial charge in [0.2, 0.25) is 23.6 Å². The normalized spacial score (nSPS) is 14.4. The number of rotatable bonds is 20. The highest BCUT2D eigenvalue weighted by molar-refractivity contribution is 5.95. The summed E-state index contributed by atoms with van der Waals surface area (Å²) < 4.78 is 0. The van der Waals surface area contributed by atoms with E-state index < -0.39 is 78.3 Å². The van der Waals surface area contributed by atoms with Crippen molar-refractivity contribution in [3.63, 3.8) is 0 Å². The molecular formula is C28H44N6O10. The van der Waals surface area contributed by atoms with Crippen LogP contribution in [-0.4, -0.2) is 99.4 Å². The maximum absolute atomic E-state index is 13.3. The van der Waals surface area contributed by atoms with Crippen LogP contribution in [0.25, 0.3) is 0 Å². The van der Waals surface area contributed by atoms with Crippen LogP contribution < -0.4 is 32.7 Å². The first kappa shape index (κ1) is 37.7. The third-order valence-corrected chi connectivity index (χ3v) is 6.64. The van der Waals surface area contributed by atoms with Gasteiger partial charge < -0.3 is 53.2 Å². The number of unbranched alkanes of at least 4 members (excludes halogenated alkanes) is 1. The van der Waals surface area contributed by atoms with Crippen molar-refractivity contribution in [2.75, 3.05) is 13.2 Å². The van der Waals surface area contributed by atoms with Crippen LogP contribution in [0.1, 0.15) is 51.5 Å². The van der Waals surface area contributed by atoms with Crippen LogP contribution in [0.4, 0.5) is 0 Å². The van der Waals surface area contributed by atoms with Gasteiger partial charge in [-0.15, -0.1) is 0 Å². The molecule has 0 radical (unpaired) electrons. The fraction of sp³-hybridized carbons (Fsp3) is 0.571. The first-order valence-corrected chi connectivity index (χ1v) is 14.2. The zero-order valence-corrected chi connectivity index (χ0v) is 24.8. The van der Waals surface area contributed by atoms with Crippen molar-refractivity contribution in [2.24, 2.45) is 17.4 Å². The highest BCUT2D eigenvalue weighted by atomic mass is 16.4. The number of phenols is 1. The maximum atomic E-state index is 13.3. The predicted molar refractivity (Wildman–Crippen MR) is 157 cm³/mol. The monoisotopic (exact) mass is 624 g/mol. The molecule has 0 heterocycles. The smallest absolute Gasteiger partial charge is 0.326 e. The zero-order chi connectivity index (χ0) is 33.4. The minimum absolute atomic E-state index is 0.00708. The minimum Gasteiger partial charge on any atom is -0.508 e. The first-order chi connectivity index (χ1) is 20.7. The quantitative estimate of drug-likeness (QED) is 0.0700. The van der Waals surface area contributed by atoms with E-state index in [1.54, 1.807) is 13.8 Å². The van der Waals surface area contributed by atoms with E-state index in [-0.39, 0.29) is 31.4 Å². The second kappa shape index (κ2) is 19.1. The van der Waals surface area contributed by atoms with Gasteiger partial charge in [-0.25, -0.2) is 4.79 Å². The average molecular weight is 625 g/mol. The van der Waals surface area contributed by atoms with Gasteiger partial charge in [-0.3, -0.25) is 24.0 Å². The number of carbonyl (C=O) groups excluding carboxylic acids is 4. The number of amides is 4. The number of carbonyl (C=O) groups is 6. The summed E-state index contributed by atoms with van der Waals surface area (Å²) >= 11 is 0. The predicted octanol–water partition coefficient (Wildman–Crippen LogP) is -2.07. The van der Waals surface area contributed by atoms with Crippen molar-refractivity contribution in [1.29, 1.82) is 0 Å². The van der Waals surface area contributed by atoms with E-state index in [9.17, 15) is 44.1 Å². The number of aliphatic carboxylic acids is 2. The van der Waals surface area contributed by atoms with Crippen molar-refractivity contribution in [3.8, 4) is 5.75 Å². The summed E-state index contributed by atoms with van der Waals surface area (Å²) in [6.45, 7) is 2.72. The molecular weight excluding hydrogens is 580 g/mol. The molecule has 1 aromatic rings. The number of carboxylic acid groups (broad SMARTS) is 2. The minimum atomic E-state index is -1.51. The number of aromatic hydroxyl groups is 1. The average Bonchev–Trinajstić information content (AvgIpc) is 2.96. The molecule has 0 fully saturated rings. The van der Waals surface area contributed by atoms with E-state index in [1.165, 1.54) is 24.3 Å². The molecule has 1 aromatic carbocycles. The molecule has 0 aromatic heterocycles. The summed E-state index contributed by atoms with van der Waals surface area (Å²) in [5.41, 5.74) is 11.8. The number of nitrogens with two attached hydrogens (primary N) is 2. The summed E-state index contributed by atoms with van der Waals surface area (Å²) in [6, 6.07) is -0.741.